The van der Waals surface area contributed by atoms with E-state index in [-0.39, 0.29) is 30.8 Å². The third-order valence-electron chi connectivity index (χ3n) is 5.96. The predicted octanol–water partition coefficient (Wildman–Crippen LogP) is 3.54. The molecule has 0 bridgehead atoms. The van der Waals surface area contributed by atoms with E-state index < -0.39 is 13.0 Å². The van der Waals surface area contributed by atoms with Crippen LogP contribution in [0, 0.1) is 6.92 Å². The zero-order valence-electron chi connectivity index (χ0n) is 19.9. The molecule has 5 rings (SSSR count). The Balaban J connectivity index is 1.55. The van der Waals surface area contributed by atoms with E-state index in [9.17, 15) is 13.6 Å². The van der Waals surface area contributed by atoms with Crippen molar-refractivity contribution < 1.29 is 13.5 Å². The van der Waals surface area contributed by atoms with Crippen LogP contribution in [0.2, 0.25) is 5.02 Å². The lowest BCUT2D eigenvalue weighted by Gasteiger charge is -2.27. The highest BCUT2D eigenvalue weighted by Gasteiger charge is 2.19. The van der Waals surface area contributed by atoms with Gasteiger partial charge in [0.2, 0.25) is 5.95 Å². The Bertz CT molecular complexity index is 1490. The molecular formula is C25H24ClF2N7O2. The average Bonchev–Trinajstić information content (AvgIpc) is 2.85. The SMILES string of the molecule is Cc1cncc(-c2ccc(-c3cc4cnc(NCC(F)F)nc4n(CCOC4CNC4)c3=O)c(Cl)c2)n1. The lowest BCUT2D eigenvalue weighted by atomic mass is 10.0. The number of hydrogen-bond donors (Lipinski definition) is 2. The molecule has 9 nitrogen and oxygen atoms in total. The van der Waals surface area contributed by atoms with Crippen molar-refractivity contribution in [1.29, 1.82) is 0 Å². The quantitative estimate of drug-likeness (QED) is 0.340. The van der Waals surface area contributed by atoms with Crippen LogP contribution in [0.1, 0.15) is 5.69 Å². The average molecular weight is 528 g/mol. The number of benzene rings is 1. The molecule has 0 spiro atoms. The maximum Gasteiger partial charge on any atom is 0.260 e. The zero-order chi connectivity index (χ0) is 25.9. The van der Waals surface area contributed by atoms with E-state index >= 15 is 0 Å². The molecule has 4 heterocycles. The second-order valence-electron chi connectivity index (χ2n) is 8.65. The van der Waals surface area contributed by atoms with Gasteiger partial charge in [-0.3, -0.25) is 14.3 Å². The summed E-state index contributed by atoms with van der Waals surface area (Å²) in [7, 11) is 0. The molecule has 2 N–H and O–H groups in total. The Morgan fingerprint density at radius 3 is 2.73 bits per heavy atom. The molecule has 192 valence electrons. The number of aryl methyl sites for hydroxylation is 1. The highest BCUT2D eigenvalue weighted by atomic mass is 35.5. The first-order valence-corrected chi connectivity index (χ1v) is 12.1. The van der Waals surface area contributed by atoms with Crippen LogP contribution in [0.5, 0.6) is 0 Å². The number of halogens is 3. The number of hydrogen-bond acceptors (Lipinski definition) is 8. The van der Waals surface area contributed by atoms with Crippen LogP contribution >= 0.6 is 11.6 Å². The topological polar surface area (TPSA) is 107 Å². The van der Waals surface area contributed by atoms with Crippen molar-refractivity contribution in [3.05, 3.63) is 63.9 Å². The standard InChI is InChI=1S/C25H24ClF2N7O2/c1-14-8-29-12-21(33-14)15-2-3-18(20(26)7-15)19-6-16-9-31-25(32-13-22(27)28)34-23(16)35(24(19)36)4-5-37-17-10-30-11-17/h2-3,6-9,12,17,22,30H,4-5,10-11,13H2,1H3,(H,31,32,34). The second-order valence-corrected chi connectivity index (χ2v) is 9.06. The summed E-state index contributed by atoms with van der Waals surface area (Å²) in [6.45, 7) is 3.27. The fourth-order valence-corrected chi connectivity index (χ4v) is 4.28. The molecule has 0 radical (unpaired) electrons. The summed E-state index contributed by atoms with van der Waals surface area (Å²) in [5.41, 5.74) is 3.11. The third kappa shape index (κ3) is 5.58. The molecule has 0 unspecified atom stereocenters. The van der Waals surface area contributed by atoms with Crippen LogP contribution in [0.15, 0.2) is 47.7 Å². The number of alkyl halides is 2. The number of aromatic nitrogens is 5. The Labute approximate surface area is 215 Å². The van der Waals surface area contributed by atoms with Gasteiger partial charge in [0.1, 0.15) is 5.65 Å². The van der Waals surface area contributed by atoms with Gasteiger partial charge in [-0.2, -0.15) is 4.98 Å². The molecule has 1 saturated heterocycles. The number of nitrogens with one attached hydrogen (secondary N) is 2. The molecule has 1 aliphatic heterocycles. The molecule has 1 aromatic carbocycles. The van der Waals surface area contributed by atoms with Gasteiger partial charge in [0, 0.05) is 52.6 Å². The van der Waals surface area contributed by atoms with Gasteiger partial charge < -0.3 is 15.4 Å². The molecule has 0 amide bonds. The highest BCUT2D eigenvalue weighted by molar-refractivity contribution is 6.33. The zero-order valence-corrected chi connectivity index (χ0v) is 20.7. The Hall–Kier alpha value is -3.54. The van der Waals surface area contributed by atoms with Crippen LogP contribution in [0.3, 0.4) is 0 Å². The molecular weight excluding hydrogens is 504 g/mol. The van der Waals surface area contributed by atoms with Crippen molar-refractivity contribution in [3.63, 3.8) is 0 Å². The first-order valence-electron chi connectivity index (χ1n) is 11.7. The third-order valence-corrected chi connectivity index (χ3v) is 6.28. The summed E-state index contributed by atoms with van der Waals surface area (Å²) in [6, 6.07) is 7.01. The van der Waals surface area contributed by atoms with Crippen molar-refractivity contribution >= 4 is 28.6 Å². The molecule has 12 heteroatoms. The van der Waals surface area contributed by atoms with E-state index in [0.29, 0.717) is 32.9 Å². The van der Waals surface area contributed by atoms with Gasteiger partial charge in [-0.05, 0) is 19.1 Å². The van der Waals surface area contributed by atoms with Crippen molar-refractivity contribution in [1.82, 2.24) is 29.8 Å². The fourth-order valence-electron chi connectivity index (χ4n) is 4.00. The van der Waals surface area contributed by atoms with E-state index in [1.807, 2.05) is 13.0 Å². The fraction of sp³-hybridized carbons (Fsp3) is 0.320. The number of nitrogens with zero attached hydrogens (tertiary/aromatic N) is 5. The summed E-state index contributed by atoms with van der Waals surface area (Å²) in [5.74, 6) is 0.0134. The normalized spacial score (nSPS) is 13.8. The van der Waals surface area contributed by atoms with Gasteiger partial charge in [0.15, 0.2) is 0 Å². The first-order chi connectivity index (χ1) is 17.9. The minimum atomic E-state index is -2.57. The van der Waals surface area contributed by atoms with Crippen molar-refractivity contribution in [2.45, 2.75) is 26.0 Å². The lowest BCUT2D eigenvalue weighted by molar-refractivity contribution is 0.0149. The van der Waals surface area contributed by atoms with Gasteiger partial charge in [-0.1, -0.05) is 23.7 Å². The molecule has 0 saturated carbocycles. The molecule has 1 aliphatic rings. The minimum Gasteiger partial charge on any atom is -0.374 e. The summed E-state index contributed by atoms with van der Waals surface area (Å²) in [6.07, 6.45) is 2.34. The van der Waals surface area contributed by atoms with E-state index in [1.54, 1.807) is 30.6 Å². The van der Waals surface area contributed by atoms with Gasteiger partial charge >= 0.3 is 0 Å². The van der Waals surface area contributed by atoms with Crippen LogP contribution in [0.25, 0.3) is 33.4 Å². The highest BCUT2D eigenvalue weighted by Crippen LogP contribution is 2.31. The van der Waals surface area contributed by atoms with Crippen LogP contribution < -0.4 is 16.2 Å². The van der Waals surface area contributed by atoms with E-state index in [0.717, 1.165) is 24.3 Å². The molecule has 0 atom stereocenters. The van der Waals surface area contributed by atoms with Crippen LogP contribution in [0.4, 0.5) is 14.7 Å². The Morgan fingerprint density at radius 1 is 1.19 bits per heavy atom. The Morgan fingerprint density at radius 2 is 2.03 bits per heavy atom. The summed E-state index contributed by atoms with van der Waals surface area (Å²) >= 11 is 6.66. The van der Waals surface area contributed by atoms with E-state index in [2.05, 4.69) is 30.6 Å². The van der Waals surface area contributed by atoms with Crippen LogP contribution in [-0.2, 0) is 11.3 Å². The Kier molecular flexibility index (Phi) is 7.36. The number of ether oxygens (including phenoxy) is 1. The predicted molar refractivity (Wildman–Crippen MR) is 137 cm³/mol. The van der Waals surface area contributed by atoms with E-state index in [4.69, 9.17) is 16.3 Å². The first kappa shape index (κ1) is 25.1. The number of pyridine rings is 1. The molecule has 1 fully saturated rings. The van der Waals surface area contributed by atoms with Crippen molar-refractivity contribution in [3.8, 4) is 22.4 Å². The van der Waals surface area contributed by atoms with E-state index in [1.165, 1.54) is 10.8 Å². The van der Waals surface area contributed by atoms with Gasteiger partial charge in [-0.15, -0.1) is 0 Å². The van der Waals surface area contributed by atoms with Crippen molar-refractivity contribution in [2.24, 2.45) is 0 Å². The summed E-state index contributed by atoms with van der Waals surface area (Å²) < 4.78 is 32.7. The molecule has 4 aromatic rings. The molecule has 0 aliphatic carbocycles. The number of anilines is 1. The largest absolute Gasteiger partial charge is 0.374 e. The lowest BCUT2D eigenvalue weighted by Crippen LogP contribution is -2.48. The van der Waals surface area contributed by atoms with Gasteiger partial charge in [0.25, 0.3) is 12.0 Å². The summed E-state index contributed by atoms with van der Waals surface area (Å²) in [5, 5.41) is 6.56. The number of fused-ring (bicyclic) bond motifs is 1. The monoisotopic (exact) mass is 527 g/mol. The van der Waals surface area contributed by atoms with Crippen molar-refractivity contribution in [2.75, 3.05) is 31.6 Å². The molecule has 3 aromatic heterocycles. The maximum absolute atomic E-state index is 13.7. The maximum atomic E-state index is 13.7. The van der Waals surface area contributed by atoms with Gasteiger partial charge in [-0.25, -0.2) is 18.7 Å². The minimum absolute atomic E-state index is 0.0134. The smallest absolute Gasteiger partial charge is 0.260 e. The molecule has 37 heavy (non-hydrogen) atoms. The van der Waals surface area contributed by atoms with Crippen LogP contribution in [-0.4, -0.2) is 63.3 Å². The van der Waals surface area contributed by atoms with Gasteiger partial charge in [0.05, 0.1) is 43.4 Å². The second kappa shape index (κ2) is 10.8. The summed E-state index contributed by atoms with van der Waals surface area (Å²) in [4.78, 5) is 30.8. The number of rotatable bonds is 9.